The molecule has 0 N–H and O–H groups in total. The van der Waals surface area contributed by atoms with Gasteiger partial charge in [0.05, 0.1) is 10.6 Å². The monoisotopic (exact) mass is 303 g/mol. The summed E-state index contributed by atoms with van der Waals surface area (Å²) in [5.41, 5.74) is 0.316. The summed E-state index contributed by atoms with van der Waals surface area (Å²) in [6.07, 6.45) is 2.38. The van der Waals surface area contributed by atoms with E-state index in [1.807, 2.05) is 4.57 Å². The van der Waals surface area contributed by atoms with Crippen LogP contribution in [-0.2, 0) is 21.5 Å². The lowest BCUT2D eigenvalue weighted by Gasteiger charge is -2.20. The summed E-state index contributed by atoms with van der Waals surface area (Å²) in [6.45, 7) is 2.47. The lowest BCUT2D eigenvalue weighted by molar-refractivity contribution is -0.144. The number of hydrogen-bond donors (Lipinski definition) is 0. The maximum atomic E-state index is 12.4. The highest BCUT2D eigenvalue weighted by Gasteiger charge is 2.44. The number of fused-ring (bicyclic) bond motifs is 1. The quantitative estimate of drug-likeness (QED) is 0.632. The normalized spacial score (nSPS) is 20.1. The summed E-state index contributed by atoms with van der Waals surface area (Å²) in [5, 5.41) is 0.582. The van der Waals surface area contributed by atoms with E-state index in [1.54, 1.807) is 49.5 Å². The zero-order chi connectivity index (χ0) is 15.0. The third-order valence-corrected chi connectivity index (χ3v) is 4.13. The van der Waals surface area contributed by atoms with Gasteiger partial charge >= 0.3 is 11.9 Å². The minimum Gasteiger partial charge on any atom is -0.389 e. The average molecular weight is 304 g/mol. The highest BCUT2D eigenvalue weighted by Crippen LogP contribution is 2.38. The molecule has 0 saturated carbocycles. The number of carbonyl (C=O) groups is 2. The number of benzene rings is 1. The van der Waals surface area contributed by atoms with Gasteiger partial charge in [-0.25, -0.2) is 4.79 Å². The van der Waals surface area contributed by atoms with Gasteiger partial charge in [0.2, 0.25) is 0 Å². The van der Waals surface area contributed by atoms with Gasteiger partial charge in [-0.15, -0.1) is 0 Å². The Kier molecular flexibility index (Phi) is 3.33. The van der Waals surface area contributed by atoms with E-state index >= 15 is 0 Å². The van der Waals surface area contributed by atoms with Crippen LogP contribution in [0.25, 0.3) is 0 Å². The second kappa shape index (κ2) is 5.04. The Bertz CT molecular complexity index is 708. The molecule has 5 heteroatoms. The first-order chi connectivity index (χ1) is 10.0. The molecule has 1 aliphatic rings. The van der Waals surface area contributed by atoms with Crippen LogP contribution in [0, 0.1) is 0 Å². The van der Waals surface area contributed by atoms with Crippen LogP contribution in [0.1, 0.15) is 29.4 Å². The highest BCUT2D eigenvalue weighted by atomic mass is 35.5. The summed E-state index contributed by atoms with van der Waals surface area (Å²) >= 11 is 5.97. The lowest BCUT2D eigenvalue weighted by Crippen LogP contribution is -2.33. The predicted molar refractivity (Wildman–Crippen MR) is 78.3 cm³/mol. The third kappa shape index (κ3) is 2.36. The molecule has 0 radical (unpaired) electrons. The molecule has 0 fully saturated rings. The van der Waals surface area contributed by atoms with E-state index in [0.29, 0.717) is 23.6 Å². The Morgan fingerprint density at radius 3 is 2.71 bits per heavy atom. The van der Waals surface area contributed by atoms with Crippen LogP contribution in [0.4, 0.5) is 0 Å². The number of rotatable bonds is 2. The molecular formula is C16H14ClNO3. The van der Waals surface area contributed by atoms with Crippen LogP contribution >= 0.6 is 11.6 Å². The first-order valence-electron chi connectivity index (χ1n) is 6.68. The molecule has 108 valence electrons. The van der Waals surface area contributed by atoms with E-state index in [0.717, 1.165) is 5.69 Å². The maximum Gasteiger partial charge on any atom is 0.345 e. The van der Waals surface area contributed by atoms with Gasteiger partial charge in [0.15, 0.2) is 0 Å². The fourth-order valence-corrected chi connectivity index (χ4v) is 2.86. The van der Waals surface area contributed by atoms with E-state index < -0.39 is 17.4 Å². The van der Waals surface area contributed by atoms with Crippen molar-refractivity contribution in [3.8, 4) is 0 Å². The molecule has 0 bridgehead atoms. The molecular weight excluding hydrogens is 290 g/mol. The van der Waals surface area contributed by atoms with Crippen LogP contribution in [0.15, 0.2) is 42.6 Å². The van der Waals surface area contributed by atoms with Crippen molar-refractivity contribution in [2.24, 2.45) is 0 Å². The molecule has 4 nitrogen and oxygen atoms in total. The highest BCUT2D eigenvalue weighted by molar-refractivity contribution is 6.30. The van der Waals surface area contributed by atoms with Crippen molar-refractivity contribution in [2.45, 2.75) is 25.3 Å². The Morgan fingerprint density at radius 2 is 2.00 bits per heavy atom. The number of esters is 2. The van der Waals surface area contributed by atoms with E-state index in [4.69, 9.17) is 16.3 Å². The van der Waals surface area contributed by atoms with E-state index in [-0.39, 0.29) is 0 Å². The largest absolute Gasteiger partial charge is 0.389 e. The SMILES string of the molecule is CC1(C(=O)OC(=O)c2ccccc2)CCn2cc(Cl)cc21. The second-order valence-corrected chi connectivity index (χ2v) is 5.80. The number of carbonyl (C=O) groups excluding carboxylic acids is 2. The number of nitrogens with zero attached hydrogens (tertiary/aromatic N) is 1. The van der Waals surface area contributed by atoms with Gasteiger partial charge in [0, 0.05) is 18.4 Å². The summed E-state index contributed by atoms with van der Waals surface area (Å²) in [7, 11) is 0. The molecule has 1 unspecified atom stereocenters. The molecule has 2 heterocycles. The molecule has 0 amide bonds. The first kappa shape index (κ1) is 13.9. The van der Waals surface area contributed by atoms with Gasteiger partial charge in [-0.3, -0.25) is 4.79 Å². The minimum atomic E-state index is -0.836. The van der Waals surface area contributed by atoms with Crippen LogP contribution in [0.3, 0.4) is 0 Å². The fourth-order valence-electron chi connectivity index (χ4n) is 2.64. The van der Waals surface area contributed by atoms with Crippen molar-refractivity contribution in [1.82, 2.24) is 4.57 Å². The fraction of sp³-hybridized carbons (Fsp3) is 0.250. The number of ether oxygens (including phenoxy) is 1. The smallest absolute Gasteiger partial charge is 0.345 e. The van der Waals surface area contributed by atoms with Crippen molar-refractivity contribution in [3.05, 3.63) is 58.9 Å². The average Bonchev–Trinajstić information content (AvgIpc) is 3.00. The van der Waals surface area contributed by atoms with Crippen molar-refractivity contribution in [1.29, 1.82) is 0 Å². The molecule has 1 aromatic heterocycles. The van der Waals surface area contributed by atoms with E-state index in [1.165, 1.54) is 0 Å². The van der Waals surface area contributed by atoms with Crippen LogP contribution in [-0.4, -0.2) is 16.5 Å². The van der Waals surface area contributed by atoms with Crippen molar-refractivity contribution in [2.75, 3.05) is 0 Å². The number of aryl methyl sites for hydroxylation is 1. The summed E-state index contributed by atoms with van der Waals surface area (Å²) in [4.78, 5) is 24.4. The molecule has 1 aromatic carbocycles. The Morgan fingerprint density at radius 1 is 1.29 bits per heavy atom. The first-order valence-corrected chi connectivity index (χ1v) is 7.06. The van der Waals surface area contributed by atoms with Gasteiger partial charge in [-0.05, 0) is 31.5 Å². The standard InChI is InChI=1S/C16H14ClNO3/c1-16(7-8-18-10-12(17)9-13(16)18)15(20)21-14(19)11-5-3-2-4-6-11/h2-6,9-10H,7-8H2,1H3. The molecule has 0 saturated heterocycles. The topological polar surface area (TPSA) is 48.3 Å². The molecule has 0 spiro atoms. The maximum absolute atomic E-state index is 12.4. The lowest BCUT2D eigenvalue weighted by atomic mass is 9.86. The summed E-state index contributed by atoms with van der Waals surface area (Å²) < 4.78 is 6.98. The molecule has 1 atom stereocenters. The molecule has 1 aliphatic heterocycles. The minimum absolute atomic E-state index is 0.362. The summed E-state index contributed by atoms with van der Waals surface area (Å²) in [5.74, 6) is -1.16. The van der Waals surface area contributed by atoms with Crippen molar-refractivity contribution >= 4 is 23.5 Å². The second-order valence-electron chi connectivity index (χ2n) is 5.36. The van der Waals surface area contributed by atoms with Crippen LogP contribution < -0.4 is 0 Å². The number of hydrogen-bond acceptors (Lipinski definition) is 3. The number of halogens is 1. The van der Waals surface area contributed by atoms with Crippen molar-refractivity contribution < 1.29 is 14.3 Å². The van der Waals surface area contributed by atoms with E-state index in [2.05, 4.69) is 0 Å². The van der Waals surface area contributed by atoms with Gasteiger partial charge in [0.1, 0.15) is 5.41 Å². The Balaban J connectivity index is 1.81. The third-order valence-electron chi connectivity index (χ3n) is 3.93. The van der Waals surface area contributed by atoms with Gasteiger partial charge in [-0.1, -0.05) is 29.8 Å². The van der Waals surface area contributed by atoms with Gasteiger partial charge in [-0.2, -0.15) is 0 Å². The van der Waals surface area contributed by atoms with Crippen molar-refractivity contribution in [3.63, 3.8) is 0 Å². The van der Waals surface area contributed by atoms with Gasteiger partial charge in [0.25, 0.3) is 0 Å². The Labute approximate surface area is 127 Å². The van der Waals surface area contributed by atoms with Crippen LogP contribution in [0.2, 0.25) is 5.02 Å². The zero-order valence-corrected chi connectivity index (χ0v) is 12.3. The summed E-state index contributed by atoms with van der Waals surface area (Å²) in [6, 6.07) is 10.2. The van der Waals surface area contributed by atoms with Gasteiger partial charge < -0.3 is 9.30 Å². The number of aromatic nitrogens is 1. The van der Waals surface area contributed by atoms with Crippen LogP contribution in [0.5, 0.6) is 0 Å². The molecule has 21 heavy (non-hydrogen) atoms. The molecule has 0 aliphatic carbocycles. The van der Waals surface area contributed by atoms with E-state index in [9.17, 15) is 9.59 Å². The molecule has 2 aromatic rings. The zero-order valence-electron chi connectivity index (χ0n) is 11.5. The molecule has 3 rings (SSSR count). The Hall–Kier alpha value is -2.07. The predicted octanol–water partition coefficient (Wildman–Crippen LogP) is 3.19.